The Kier molecular flexibility index (Phi) is 13.7. The van der Waals surface area contributed by atoms with Gasteiger partial charge in [-0.1, -0.05) is 73.7 Å². The smallest absolute Gasteiger partial charge is 0.341 e. The third kappa shape index (κ3) is 10.3. The van der Waals surface area contributed by atoms with Crippen LogP contribution >= 0.6 is 23.1 Å². The van der Waals surface area contributed by atoms with E-state index in [1.165, 1.54) is 28.7 Å². The van der Waals surface area contributed by atoms with E-state index in [0.717, 1.165) is 28.4 Å². The van der Waals surface area contributed by atoms with Crippen molar-refractivity contribution in [2.45, 2.75) is 49.9 Å². The fraction of sp³-hybridized carbons (Fsp3) is 0.227. The number of fused-ring (bicyclic) bond motifs is 1. The van der Waals surface area contributed by atoms with E-state index in [2.05, 4.69) is 33.0 Å². The summed E-state index contributed by atoms with van der Waals surface area (Å²) in [6.07, 6.45) is 2.78. The van der Waals surface area contributed by atoms with Crippen LogP contribution in [0.1, 0.15) is 62.6 Å². The van der Waals surface area contributed by atoms with Gasteiger partial charge in [0.05, 0.1) is 24.5 Å². The molecule has 3 N–H and O–H groups in total. The number of carbonyl (C=O) groups excluding carboxylic acids is 4. The van der Waals surface area contributed by atoms with Crippen LogP contribution in [0.4, 0.5) is 10.7 Å². The number of nitrogens with zero attached hydrogens (tertiary/aromatic N) is 1. The summed E-state index contributed by atoms with van der Waals surface area (Å²) in [6, 6.07) is 33.3. The van der Waals surface area contributed by atoms with Crippen LogP contribution in [-0.2, 0) is 33.8 Å². The molecule has 1 aliphatic heterocycles. The van der Waals surface area contributed by atoms with Crippen LogP contribution < -0.4 is 20.7 Å². The van der Waals surface area contributed by atoms with Crippen molar-refractivity contribution >= 4 is 63.6 Å². The maximum absolute atomic E-state index is 13.9. The first-order valence-electron chi connectivity index (χ1n) is 18.4. The minimum Gasteiger partial charge on any atom is -0.497 e. The van der Waals surface area contributed by atoms with Crippen molar-refractivity contribution in [3.05, 3.63) is 148 Å². The molecular formula is C44H44N4O6S2. The van der Waals surface area contributed by atoms with Gasteiger partial charge in [0.25, 0.3) is 11.8 Å². The summed E-state index contributed by atoms with van der Waals surface area (Å²) in [5, 5.41) is 8.75. The summed E-state index contributed by atoms with van der Waals surface area (Å²) in [5.74, 6) is -1.02. The van der Waals surface area contributed by atoms with Gasteiger partial charge in [-0.3, -0.25) is 19.3 Å². The maximum Gasteiger partial charge on any atom is 0.341 e. The topological polar surface area (TPSA) is 126 Å². The Labute approximate surface area is 335 Å². The number of thioether (sulfide) groups is 1. The molecule has 1 aromatic heterocycles. The highest BCUT2D eigenvalue weighted by molar-refractivity contribution is 8.00. The lowest BCUT2D eigenvalue weighted by Gasteiger charge is -2.27. The molecule has 288 valence electrons. The number of thiophene rings is 1. The van der Waals surface area contributed by atoms with Crippen molar-refractivity contribution in [2.75, 3.05) is 30.9 Å². The molecule has 3 amide bonds. The van der Waals surface area contributed by atoms with E-state index in [1.54, 1.807) is 86.8 Å². The molecule has 1 atom stereocenters. The third-order valence-corrected chi connectivity index (χ3v) is 11.6. The molecule has 0 aliphatic carbocycles. The standard InChI is InChI=1S/C44H44N4O6S2/c1-4-37(42(51)47-43-39(44(52)54-5-2)35-22-23-48(28-38(35)56-43)27-29-14-8-6-9-15-29)55-34-21-13-19-32(26-34)45-41(50)36(25-30-16-12-20-33(24-30)53-3)46-40(49)31-17-10-7-11-18-31/h6-21,24-26,37H,4-5,22-23,27-28H2,1-3H3,(H,45,50)(H,46,49)(H,47,51)/b36-25-. The number of hydrogen-bond donors (Lipinski definition) is 3. The number of benzene rings is 4. The molecule has 0 spiro atoms. The second-order valence-electron chi connectivity index (χ2n) is 13.0. The van der Waals surface area contributed by atoms with Crippen LogP contribution in [0.2, 0.25) is 0 Å². The summed E-state index contributed by atoms with van der Waals surface area (Å²) in [6.45, 7) is 6.20. The normalized spacial score (nSPS) is 13.2. The number of nitrogens with one attached hydrogen (secondary N) is 3. The second kappa shape index (κ2) is 19.3. The fourth-order valence-electron chi connectivity index (χ4n) is 6.31. The highest BCUT2D eigenvalue weighted by Gasteiger charge is 2.31. The van der Waals surface area contributed by atoms with Crippen molar-refractivity contribution < 1.29 is 28.7 Å². The molecule has 12 heteroatoms. The van der Waals surface area contributed by atoms with Gasteiger partial charge < -0.3 is 25.4 Å². The van der Waals surface area contributed by atoms with Crippen molar-refractivity contribution in [3.63, 3.8) is 0 Å². The van der Waals surface area contributed by atoms with Gasteiger partial charge in [-0.2, -0.15) is 0 Å². The molecule has 4 aromatic carbocycles. The number of rotatable bonds is 15. The Bertz CT molecular complexity index is 2210. The van der Waals surface area contributed by atoms with Gasteiger partial charge in [0.2, 0.25) is 5.91 Å². The van der Waals surface area contributed by atoms with Crippen molar-refractivity contribution in [1.82, 2.24) is 10.2 Å². The average molecular weight is 789 g/mol. The first-order chi connectivity index (χ1) is 27.2. The summed E-state index contributed by atoms with van der Waals surface area (Å²) in [4.78, 5) is 58.2. The van der Waals surface area contributed by atoms with E-state index < -0.39 is 23.0 Å². The van der Waals surface area contributed by atoms with E-state index in [9.17, 15) is 19.2 Å². The van der Waals surface area contributed by atoms with Crippen molar-refractivity contribution in [3.8, 4) is 5.75 Å². The molecule has 10 nitrogen and oxygen atoms in total. The van der Waals surface area contributed by atoms with Gasteiger partial charge in [0.15, 0.2) is 0 Å². The van der Waals surface area contributed by atoms with E-state index in [1.807, 2.05) is 37.3 Å². The molecule has 0 fully saturated rings. The first-order valence-corrected chi connectivity index (χ1v) is 20.1. The quantitative estimate of drug-likeness (QED) is 0.0549. The third-order valence-electron chi connectivity index (χ3n) is 9.07. The van der Waals surface area contributed by atoms with E-state index >= 15 is 0 Å². The minimum absolute atomic E-state index is 0.0372. The van der Waals surface area contributed by atoms with E-state index in [0.29, 0.717) is 52.5 Å². The number of methoxy groups -OCH3 is 1. The highest BCUT2D eigenvalue weighted by atomic mass is 32.2. The zero-order valence-corrected chi connectivity index (χ0v) is 33.1. The zero-order valence-electron chi connectivity index (χ0n) is 31.5. The molecule has 6 rings (SSSR count). The molecule has 2 heterocycles. The Morgan fingerprint density at radius 3 is 2.38 bits per heavy atom. The molecule has 0 radical (unpaired) electrons. The summed E-state index contributed by atoms with van der Waals surface area (Å²) in [7, 11) is 1.56. The zero-order chi connectivity index (χ0) is 39.4. The Balaban J connectivity index is 1.17. The Morgan fingerprint density at radius 2 is 1.64 bits per heavy atom. The van der Waals surface area contributed by atoms with Gasteiger partial charge in [0, 0.05) is 40.7 Å². The summed E-state index contributed by atoms with van der Waals surface area (Å²) >= 11 is 2.80. The largest absolute Gasteiger partial charge is 0.497 e. The Morgan fingerprint density at radius 1 is 0.893 bits per heavy atom. The molecule has 0 bridgehead atoms. The Hall–Kier alpha value is -5.69. The number of carbonyl (C=O) groups is 4. The minimum atomic E-state index is -0.528. The monoisotopic (exact) mass is 788 g/mol. The van der Waals surface area contributed by atoms with Crippen molar-refractivity contribution in [1.29, 1.82) is 0 Å². The van der Waals surface area contributed by atoms with Crippen LogP contribution in [0.15, 0.2) is 120 Å². The average Bonchev–Trinajstić information content (AvgIpc) is 3.57. The predicted molar refractivity (Wildman–Crippen MR) is 223 cm³/mol. The van der Waals surface area contributed by atoms with E-state index in [4.69, 9.17) is 9.47 Å². The molecular weight excluding hydrogens is 745 g/mol. The molecule has 0 saturated heterocycles. The number of esters is 1. The van der Waals surface area contributed by atoms with E-state index in [-0.39, 0.29) is 18.2 Å². The van der Waals surface area contributed by atoms with Gasteiger partial charge in [-0.25, -0.2) is 4.79 Å². The molecule has 1 aliphatic rings. The van der Waals surface area contributed by atoms with Gasteiger partial charge in [-0.15, -0.1) is 23.1 Å². The SMILES string of the molecule is CCOC(=O)c1c(NC(=O)C(CC)Sc2cccc(NC(=O)/C(=C/c3cccc(OC)c3)NC(=O)c3ccccc3)c2)sc2c1CCN(Cc1ccccc1)C2. The van der Waals surface area contributed by atoms with Crippen LogP contribution in [0.25, 0.3) is 6.08 Å². The van der Waals surface area contributed by atoms with Gasteiger partial charge >= 0.3 is 5.97 Å². The van der Waals surface area contributed by atoms with Crippen LogP contribution in [-0.4, -0.2) is 54.1 Å². The number of hydrogen-bond acceptors (Lipinski definition) is 9. The predicted octanol–water partition coefficient (Wildman–Crippen LogP) is 8.41. The van der Waals surface area contributed by atoms with Crippen LogP contribution in [0, 0.1) is 0 Å². The summed E-state index contributed by atoms with van der Waals surface area (Å²) in [5.41, 5.74) is 4.19. The molecule has 56 heavy (non-hydrogen) atoms. The molecule has 5 aromatic rings. The van der Waals surface area contributed by atoms with Crippen LogP contribution in [0.5, 0.6) is 5.75 Å². The number of ether oxygens (including phenoxy) is 2. The lowest BCUT2D eigenvalue weighted by Crippen LogP contribution is -2.30. The maximum atomic E-state index is 13.9. The van der Waals surface area contributed by atoms with Gasteiger partial charge in [-0.05, 0) is 85.0 Å². The summed E-state index contributed by atoms with van der Waals surface area (Å²) < 4.78 is 10.8. The number of amides is 3. The van der Waals surface area contributed by atoms with Gasteiger partial charge in [0.1, 0.15) is 16.4 Å². The lowest BCUT2D eigenvalue weighted by molar-refractivity contribution is -0.116. The highest BCUT2D eigenvalue weighted by Crippen LogP contribution is 2.39. The fourth-order valence-corrected chi connectivity index (χ4v) is 8.60. The van der Waals surface area contributed by atoms with Crippen LogP contribution in [0.3, 0.4) is 0 Å². The lowest BCUT2D eigenvalue weighted by atomic mass is 10.0. The van der Waals surface area contributed by atoms with Crippen molar-refractivity contribution in [2.24, 2.45) is 0 Å². The molecule has 1 unspecified atom stereocenters. The second-order valence-corrected chi connectivity index (χ2v) is 15.4. The first kappa shape index (κ1) is 40.0. The molecule has 0 saturated carbocycles. The number of anilines is 2.